The molecule has 82 valence electrons. The number of hydrogen-bond acceptors (Lipinski definition) is 4. The Balaban J connectivity index is 4.15. The third-order valence-electron chi connectivity index (χ3n) is 1.40. The van der Waals surface area contributed by atoms with E-state index in [1.165, 1.54) is 0 Å². The molecule has 1 unspecified atom stereocenters. The van der Waals surface area contributed by atoms with Crippen molar-refractivity contribution in [1.82, 2.24) is 0 Å². The predicted octanol–water partition coefficient (Wildman–Crippen LogP) is 1.39. The quantitative estimate of drug-likeness (QED) is 0.377. The molecular weight excluding hydrogens is 196 g/mol. The Morgan fingerprint density at radius 3 is 2.33 bits per heavy atom. The molecule has 0 heterocycles. The fourth-order valence-electron chi connectivity index (χ4n) is 0.764. The van der Waals surface area contributed by atoms with E-state index in [4.69, 9.17) is 9.47 Å². The van der Waals surface area contributed by atoms with E-state index in [2.05, 4.69) is 13.2 Å². The molecule has 0 radical (unpaired) electrons. The summed E-state index contributed by atoms with van der Waals surface area (Å²) in [5, 5.41) is 0. The normalized spacial score (nSPS) is 11.8. The van der Waals surface area contributed by atoms with Crippen molar-refractivity contribution >= 4 is 11.9 Å². The highest BCUT2D eigenvalue weighted by molar-refractivity contribution is 5.82. The van der Waals surface area contributed by atoms with Crippen molar-refractivity contribution in [3.05, 3.63) is 37.5 Å². The van der Waals surface area contributed by atoms with Crippen LogP contribution in [0, 0.1) is 0 Å². The van der Waals surface area contributed by atoms with Crippen LogP contribution in [0.3, 0.4) is 0 Å². The molecule has 0 N–H and O–H groups in total. The lowest BCUT2D eigenvalue weighted by Gasteiger charge is -2.12. The zero-order valence-electron chi connectivity index (χ0n) is 8.64. The lowest BCUT2D eigenvalue weighted by atomic mass is 10.3. The minimum Gasteiger partial charge on any atom is -0.458 e. The highest BCUT2D eigenvalue weighted by Gasteiger charge is 2.10. The summed E-state index contributed by atoms with van der Waals surface area (Å²) < 4.78 is 9.61. The number of hydrogen-bond donors (Lipinski definition) is 0. The second-order valence-corrected chi connectivity index (χ2v) is 2.54. The van der Waals surface area contributed by atoms with Crippen molar-refractivity contribution in [2.24, 2.45) is 0 Å². The Morgan fingerprint density at radius 1 is 1.27 bits per heavy atom. The Bertz CT molecular complexity index is 278. The largest absolute Gasteiger partial charge is 0.458 e. The van der Waals surface area contributed by atoms with Crippen LogP contribution in [0.15, 0.2) is 37.5 Å². The van der Waals surface area contributed by atoms with Crippen molar-refractivity contribution in [3.8, 4) is 0 Å². The van der Waals surface area contributed by atoms with E-state index in [0.717, 1.165) is 12.2 Å². The van der Waals surface area contributed by atoms with Gasteiger partial charge in [0.15, 0.2) is 6.10 Å². The number of rotatable bonds is 6. The molecule has 0 saturated carbocycles. The van der Waals surface area contributed by atoms with E-state index < -0.39 is 18.0 Å². The minimum absolute atomic E-state index is 0.0330. The van der Waals surface area contributed by atoms with Crippen LogP contribution in [0.25, 0.3) is 0 Å². The average molecular weight is 210 g/mol. The van der Waals surface area contributed by atoms with Gasteiger partial charge in [-0.1, -0.05) is 19.2 Å². The van der Waals surface area contributed by atoms with Crippen LogP contribution in [0.1, 0.15) is 6.92 Å². The molecular formula is C11H14O4. The molecule has 0 spiro atoms. The molecule has 0 rings (SSSR count). The van der Waals surface area contributed by atoms with Gasteiger partial charge in [0.2, 0.25) is 0 Å². The van der Waals surface area contributed by atoms with Crippen molar-refractivity contribution in [3.63, 3.8) is 0 Å². The van der Waals surface area contributed by atoms with E-state index in [1.54, 1.807) is 19.1 Å². The van der Waals surface area contributed by atoms with Crippen LogP contribution >= 0.6 is 0 Å². The monoisotopic (exact) mass is 210 g/mol. The van der Waals surface area contributed by atoms with E-state index in [9.17, 15) is 9.59 Å². The Hall–Kier alpha value is -1.84. The summed E-state index contributed by atoms with van der Waals surface area (Å²) >= 11 is 0. The number of carbonyl (C=O) groups excluding carboxylic acids is 2. The summed E-state index contributed by atoms with van der Waals surface area (Å²) in [4.78, 5) is 21.6. The van der Waals surface area contributed by atoms with Gasteiger partial charge in [0.25, 0.3) is 0 Å². The SMILES string of the molecule is C=CC(=O)OCC(C=CC)OC(=O)C=C. The first kappa shape index (κ1) is 13.2. The first-order valence-corrected chi connectivity index (χ1v) is 4.39. The molecule has 0 aromatic rings. The van der Waals surface area contributed by atoms with Crippen LogP contribution in [-0.2, 0) is 19.1 Å². The third-order valence-corrected chi connectivity index (χ3v) is 1.40. The van der Waals surface area contributed by atoms with Crippen LogP contribution in [0.2, 0.25) is 0 Å². The Kier molecular flexibility index (Phi) is 6.63. The van der Waals surface area contributed by atoms with Crippen molar-refractivity contribution in [1.29, 1.82) is 0 Å². The van der Waals surface area contributed by atoms with Gasteiger partial charge in [0.1, 0.15) is 6.61 Å². The average Bonchev–Trinajstić information content (AvgIpc) is 2.25. The van der Waals surface area contributed by atoms with E-state index >= 15 is 0 Å². The van der Waals surface area contributed by atoms with Gasteiger partial charge in [-0.25, -0.2) is 9.59 Å². The first-order valence-electron chi connectivity index (χ1n) is 4.39. The molecule has 0 aliphatic rings. The Labute approximate surface area is 88.9 Å². The fourth-order valence-corrected chi connectivity index (χ4v) is 0.764. The molecule has 15 heavy (non-hydrogen) atoms. The van der Waals surface area contributed by atoms with Gasteiger partial charge in [-0.15, -0.1) is 0 Å². The highest BCUT2D eigenvalue weighted by Crippen LogP contribution is 1.98. The second kappa shape index (κ2) is 7.55. The van der Waals surface area contributed by atoms with Crippen LogP contribution in [0.4, 0.5) is 0 Å². The topological polar surface area (TPSA) is 52.6 Å². The molecule has 0 aliphatic carbocycles. The zero-order chi connectivity index (χ0) is 11.7. The van der Waals surface area contributed by atoms with Gasteiger partial charge in [-0.3, -0.25) is 0 Å². The van der Waals surface area contributed by atoms with Gasteiger partial charge in [-0.2, -0.15) is 0 Å². The number of esters is 2. The van der Waals surface area contributed by atoms with Crippen LogP contribution in [0.5, 0.6) is 0 Å². The molecule has 0 aromatic carbocycles. The van der Waals surface area contributed by atoms with Gasteiger partial charge >= 0.3 is 11.9 Å². The molecule has 4 nitrogen and oxygen atoms in total. The summed E-state index contributed by atoms with van der Waals surface area (Å²) in [6.45, 7) is 8.24. The van der Waals surface area contributed by atoms with Crippen molar-refractivity contribution < 1.29 is 19.1 Å². The fraction of sp³-hybridized carbons (Fsp3) is 0.273. The molecule has 0 bridgehead atoms. The molecule has 0 saturated heterocycles. The first-order chi connectivity index (χ1) is 7.13. The van der Waals surface area contributed by atoms with Gasteiger partial charge < -0.3 is 9.47 Å². The van der Waals surface area contributed by atoms with Gasteiger partial charge in [-0.05, 0) is 13.0 Å². The van der Waals surface area contributed by atoms with Crippen molar-refractivity contribution in [2.45, 2.75) is 13.0 Å². The number of ether oxygens (including phenoxy) is 2. The standard InChI is InChI=1S/C11H14O4/c1-4-7-9(15-11(13)6-3)8-14-10(12)5-2/h4-7,9H,2-3,8H2,1H3. The maximum absolute atomic E-state index is 10.9. The maximum Gasteiger partial charge on any atom is 0.330 e. The van der Waals surface area contributed by atoms with Crippen LogP contribution in [-0.4, -0.2) is 24.6 Å². The van der Waals surface area contributed by atoms with Gasteiger partial charge in [0.05, 0.1) is 0 Å². The summed E-state index contributed by atoms with van der Waals surface area (Å²) in [6, 6.07) is 0. The van der Waals surface area contributed by atoms with E-state index in [-0.39, 0.29) is 6.61 Å². The molecule has 0 amide bonds. The molecule has 0 fully saturated rings. The summed E-state index contributed by atoms with van der Waals surface area (Å²) in [5.74, 6) is -1.12. The summed E-state index contributed by atoms with van der Waals surface area (Å²) in [5.41, 5.74) is 0. The minimum atomic E-state index is -0.593. The lowest BCUT2D eigenvalue weighted by molar-refractivity contribution is -0.149. The molecule has 0 aliphatic heterocycles. The van der Waals surface area contributed by atoms with Gasteiger partial charge in [0, 0.05) is 12.2 Å². The molecule has 0 aromatic heterocycles. The Morgan fingerprint density at radius 2 is 1.87 bits per heavy atom. The number of allylic oxidation sites excluding steroid dienone is 1. The zero-order valence-corrected chi connectivity index (χ0v) is 8.64. The van der Waals surface area contributed by atoms with Crippen molar-refractivity contribution in [2.75, 3.05) is 6.61 Å². The summed E-state index contributed by atoms with van der Waals surface area (Å²) in [6.07, 6.45) is 4.80. The number of carbonyl (C=O) groups is 2. The molecule has 1 atom stereocenters. The predicted molar refractivity (Wildman–Crippen MR) is 56.0 cm³/mol. The maximum atomic E-state index is 10.9. The smallest absolute Gasteiger partial charge is 0.330 e. The highest BCUT2D eigenvalue weighted by atomic mass is 16.6. The third kappa shape index (κ3) is 6.26. The van der Waals surface area contributed by atoms with E-state index in [1.807, 2.05) is 0 Å². The lowest BCUT2D eigenvalue weighted by Crippen LogP contribution is -2.22. The summed E-state index contributed by atoms with van der Waals surface area (Å²) in [7, 11) is 0. The second-order valence-electron chi connectivity index (χ2n) is 2.54. The van der Waals surface area contributed by atoms with Crippen LogP contribution < -0.4 is 0 Å². The molecule has 4 heteroatoms. The van der Waals surface area contributed by atoms with E-state index in [0.29, 0.717) is 0 Å².